The van der Waals surface area contributed by atoms with Gasteiger partial charge in [-0.25, -0.2) is 0 Å². The summed E-state index contributed by atoms with van der Waals surface area (Å²) < 4.78 is 11.2. The molecule has 1 saturated heterocycles. The Balaban J connectivity index is 1.62. The summed E-state index contributed by atoms with van der Waals surface area (Å²) in [6.45, 7) is 7.13. The first-order valence-electron chi connectivity index (χ1n) is 7.73. The molecule has 4 heteroatoms. The maximum absolute atomic E-state index is 5.64. The summed E-state index contributed by atoms with van der Waals surface area (Å²) in [7, 11) is 0. The second kappa shape index (κ2) is 6.35. The predicted molar refractivity (Wildman–Crippen MR) is 80.8 cm³/mol. The monoisotopic (exact) mass is 276 g/mol. The molecule has 110 valence electrons. The van der Waals surface area contributed by atoms with Crippen molar-refractivity contribution in [3.63, 3.8) is 0 Å². The minimum absolute atomic E-state index is 0.564. The zero-order chi connectivity index (χ0) is 13.8. The number of ether oxygens (including phenoxy) is 2. The Morgan fingerprint density at radius 1 is 1.15 bits per heavy atom. The lowest BCUT2D eigenvalue weighted by Crippen LogP contribution is -2.26. The molecule has 4 nitrogen and oxygen atoms in total. The molecule has 3 rings (SSSR count). The van der Waals surface area contributed by atoms with E-state index < -0.39 is 0 Å². The van der Waals surface area contributed by atoms with E-state index in [0.29, 0.717) is 19.3 Å². The van der Waals surface area contributed by atoms with Crippen LogP contribution in [0.3, 0.4) is 0 Å². The van der Waals surface area contributed by atoms with Crippen molar-refractivity contribution in [1.82, 2.24) is 4.90 Å². The lowest BCUT2D eigenvalue weighted by atomic mass is 10.1. The zero-order valence-electron chi connectivity index (χ0n) is 12.2. The van der Waals surface area contributed by atoms with Crippen LogP contribution in [0.2, 0.25) is 0 Å². The molecule has 1 unspecified atom stereocenters. The molecule has 1 aromatic carbocycles. The molecule has 2 heterocycles. The van der Waals surface area contributed by atoms with Crippen LogP contribution in [0.1, 0.15) is 26.2 Å². The molecule has 0 aromatic heterocycles. The number of fused-ring (bicyclic) bond motifs is 1. The maximum atomic E-state index is 5.64. The summed E-state index contributed by atoms with van der Waals surface area (Å²) in [5, 5.41) is 3.65. The third kappa shape index (κ3) is 3.18. The molecule has 0 saturated carbocycles. The molecule has 0 bridgehead atoms. The van der Waals surface area contributed by atoms with Crippen LogP contribution in [0.5, 0.6) is 11.5 Å². The standard InChI is InChI=1S/C16H24N2O2/c1-2-18-8-3-4-13(7-9-18)17-14-5-6-15-16(12-14)20-11-10-19-15/h5-6,12-13,17H,2-4,7-11H2,1H3. The van der Waals surface area contributed by atoms with Gasteiger partial charge in [0.25, 0.3) is 0 Å². The third-order valence-corrected chi connectivity index (χ3v) is 4.18. The highest BCUT2D eigenvalue weighted by molar-refractivity contribution is 5.55. The van der Waals surface area contributed by atoms with Gasteiger partial charge in [0, 0.05) is 24.3 Å². The van der Waals surface area contributed by atoms with Crippen molar-refractivity contribution in [2.75, 3.05) is 38.2 Å². The van der Waals surface area contributed by atoms with Gasteiger partial charge in [-0.2, -0.15) is 0 Å². The van der Waals surface area contributed by atoms with E-state index in [0.717, 1.165) is 23.7 Å². The predicted octanol–water partition coefficient (Wildman–Crippen LogP) is 2.74. The molecule has 0 radical (unpaired) electrons. The fraction of sp³-hybridized carbons (Fsp3) is 0.625. The molecule has 0 spiro atoms. The molecule has 20 heavy (non-hydrogen) atoms. The van der Waals surface area contributed by atoms with Crippen molar-refractivity contribution in [1.29, 1.82) is 0 Å². The van der Waals surface area contributed by atoms with Gasteiger partial charge in [0.15, 0.2) is 11.5 Å². The van der Waals surface area contributed by atoms with Crippen molar-refractivity contribution >= 4 is 5.69 Å². The van der Waals surface area contributed by atoms with E-state index in [-0.39, 0.29) is 0 Å². The Morgan fingerprint density at radius 3 is 2.85 bits per heavy atom. The van der Waals surface area contributed by atoms with Crippen LogP contribution >= 0.6 is 0 Å². The Hall–Kier alpha value is -1.42. The van der Waals surface area contributed by atoms with Crippen molar-refractivity contribution in [3.05, 3.63) is 18.2 Å². The number of nitrogens with zero attached hydrogens (tertiary/aromatic N) is 1. The average Bonchev–Trinajstić information content (AvgIpc) is 2.72. The van der Waals surface area contributed by atoms with Crippen molar-refractivity contribution in [3.8, 4) is 11.5 Å². The first-order valence-corrected chi connectivity index (χ1v) is 7.73. The summed E-state index contributed by atoms with van der Waals surface area (Å²) in [5.41, 5.74) is 1.14. The van der Waals surface area contributed by atoms with Crippen LogP contribution in [0, 0.1) is 0 Å². The van der Waals surface area contributed by atoms with Gasteiger partial charge in [-0.05, 0) is 44.5 Å². The van der Waals surface area contributed by atoms with Gasteiger partial charge in [0.1, 0.15) is 13.2 Å². The quantitative estimate of drug-likeness (QED) is 0.920. The molecular formula is C16H24N2O2. The molecule has 1 N–H and O–H groups in total. The Labute approximate surface area is 121 Å². The minimum atomic E-state index is 0.564. The number of rotatable bonds is 3. The fourth-order valence-electron chi connectivity index (χ4n) is 2.99. The topological polar surface area (TPSA) is 33.7 Å². The summed E-state index contributed by atoms with van der Waals surface area (Å²) in [6, 6.07) is 6.73. The van der Waals surface area contributed by atoms with Crippen LogP contribution in [0.25, 0.3) is 0 Å². The van der Waals surface area contributed by atoms with Crippen molar-refractivity contribution in [2.24, 2.45) is 0 Å². The number of likely N-dealkylation sites (tertiary alicyclic amines) is 1. The van der Waals surface area contributed by atoms with Gasteiger partial charge in [-0.1, -0.05) is 6.92 Å². The highest BCUT2D eigenvalue weighted by Gasteiger charge is 2.17. The largest absolute Gasteiger partial charge is 0.486 e. The highest BCUT2D eigenvalue weighted by Crippen LogP contribution is 2.33. The van der Waals surface area contributed by atoms with E-state index in [4.69, 9.17) is 9.47 Å². The van der Waals surface area contributed by atoms with Crippen LogP contribution in [0.15, 0.2) is 18.2 Å². The second-order valence-corrected chi connectivity index (χ2v) is 5.56. The van der Waals surface area contributed by atoms with Crippen molar-refractivity contribution < 1.29 is 9.47 Å². The first-order chi connectivity index (χ1) is 9.85. The smallest absolute Gasteiger partial charge is 0.163 e. The summed E-state index contributed by atoms with van der Waals surface area (Å²) in [6.07, 6.45) is 3.73. The first kappa shape index (κ1) is 13.6. The molecular weight excluding hydrogens is 252 g/mol. The maximum Gasteiger partial charge on any atom is 0.163 e. The Kier molecular flexibility index (Phi) is 4.31. The van der Waals surface area contributed by atoms with E-state index in [9.17, 15) is 0 Å². The van der Waals surface area contributed by atoms with Crippen LogP contribution in [-0.2, 0) is 0 Å². The fourth-order valence-corrected chi connectivity index (χ4v) is 2.99. The van der Waals surface area contributed by atoms with Gasteiger partial charge in [0.05, 0.1) is 0 Å². The summed E-state index contributed by atoms with van der Waals surface area (Å²) >= 11 is 0. The molecule has 0 amide bonds. The normalized spacial score (nSPS) is 23.1. The number of hydrogen-bond donors (Lipinski definition) is 1. The van der Waals surface area contributed by atoms with E-state index in [2.05, 4.69) is 29.3 Å². The molecule has 1 atom stereocenters. The van der Waals surface area contributed by atoms with E-state index in [1.807, 2.05) is 6.07 Å². The molecule has 0 aliphatic carbocycles. The molecule has 1 fully saturated rings. The number of nitrogens with one attached hydrogen (secondary N) is 1. The zero-order valence-corrected chi connectivity index (χ0v) is 12.2. The third-order valence-electron chi connectivity index (χ3n) is 4.18. The lowest BCUT2D eigenvalue weighted by molar-refractivity contribution is 0.171. The number of benzene rings is 1. The number of hydrogen-bond acceptors (Lipinski definition) is 4. The average molecular weight is 276 g/mol. The van der Waals surface area contributed by atoms with Gasteiger partial charge in [0.2, 0.25) is 0 Å². The van der Waals surface area contributed by atoms with E-state index in [1.165, 1.54) is 32.4 Å². The molecule has 2 aliphatic rings. The summed E-state index contributed by atoms with van der Waals surface area (Å²) in [5.74, 6) is 1.73. The minimum Gasteiger partial charge on any atom is -0.486 e. The molecule has 2 aliphatic heterocycles. The van der Waals surface area contributed by atoms with Crippen LogP contribution < -0.4 is 14.8 Å². The second-order valence-electron chi connectivity index (χ2n) is 5.56. The van der Waals surface area contributed by atoms with Gasteiger partial charge < -0.3 is 19.7 Å². The SMILES string of the molecule is CCN1CCCC(Nc2ccc3c(c2)OCCO3)CC1. The van der Waals surface area contributed by atoms with E-state index >= 15 is 0 Å². The van der Waals surface area contributed by atoms with Crippen molar-refractivity contribution in [2.45, 2.75) is 32.2 Å². The van der Waals surface area contributed by atoms with Crippen LogP contribution in [-0.4, -0.2) is 43.8 Å². The lowest BCUT2D eigenvalue weighted by Gasteiger charge is -2.22. The Bertz CT molecular complexity index is 450. The highest BCUT2D eigenvalue weighted by atomic mass is 16.6. The van der Waals surface area contributed by atoms with Gasteiger partial charge >= 0.3 is 0 Å². The Morgan fingerprint density at radius 2 is 2.00 bits per heavy atom. The van der Waals surface area contributed by atoms with Gasteiger partial charge in [-0.15, -0.1) is 0 Å². The molecule has 1 aromatic rings. The van der Waals surface area contributed by atoms with Gasteiger partial charge in [-0.3, -0.25) is 0 Å². The van der Waals surface area contributed by atoms with E-state index in [1.54, 1.807) is 0 Å². The van der Waals surface area contributed by atoms with Crippen LogP contribution in [0.4, 0.5) is 5.69 Å². The number of anilines is 1. The summed E-state index contributed by atoms with van der Waals surface area (Å²) in [4.78, 5) is 2.53.